The predicted octanol–water partition coefficient (Wildman–Crippen LogP) is 3.24. The van der Waals surface area contributed by atoms with Crippen molar-refractivity contribution in [3.63, 3.8) is 0 Å². The van der Waals surface area contributed by atoms with Crippen LogP contribution < -0.4 is 10.1 Å². The molecule has 0 unspecified atom stereocenters. The molecule has 1 aliphatic rings. The van der Waals surface area contributed by atoms with Gasteiger partial charge in [0.2, 0.25) is 0 Å². The molecule has 3 heterocycles. The normalized spacial score (nSPS) is 20.7. The molecule has 1 saturated heterocycles. The Balaban J connectivity index is 1.42. The van der Waals surface area contributed by atoms with E-state index in [2.05, 4.69) is 30.3 Å². The average Bonchev–Trinajstić information content (AvgIpc) is 3.52. The quantitative estimate of drug-likeness (QED) is 0.194. The van der Waals surface area contributed by atoms with Gasteiger partial charge in [-0.1, -0.05) is 35.4 Å². The number of nitrogens with one attached hydrogen (secondary N) is 1. The third-order valence-corrected chi connectivity index (χ3v) is 6.14. The number of fused-ring (bicyclic) bond motifs is 1. The third-order valence-electron chi connectivity index (χ3n) is 6.14. The molecule has 0 spiro atoms. The lowest BCUT2D eigenvalue weighted by Crippen LogP contribution is -2.35. The molecule has 2 N–H and O–H groups in total. The Morgan fingerprint density at radius 2 is 1.97 bits per heavy atom. The van der Waals surface area contributed by atoms with E-state index in [4.69, 9.17) is 19.7 Å². The second kappa shape index (κ2) is 11.2. The summed E-state index contributed by atoms with van der Waals surface area (Å²) in [4.78, 5) is 28.4. The maximum Gasteiger partial charge on any atom is 0.256 e. The summed E-state index contributed by atoms with van der Waals surface area (Å²) in [6, 6.07) is 16.1. The van der Waals surface area contributed by atoms with Gasteiger partial charge in [0.15, 0.2) is 23.2 Å². The Morgan fingerprint density at radius 3 is 2.71 bits per heavy atom. The highest BCUT2D eigenvalue weighted by molar-refractivity contribution is 6.06. The number of benzene rings is 2. The van der Waals surface area contributed by atoms with Crippen molar-refractivity contribution >= 4 is 22.9 Å². The molecule has 1 aliphatic heterocycles. The number of azide groups is 1. The number of aliphatic hydroxyl groups excluding tert-OH is 1. The first-order chi connectivity index (χ1) is 18.6. The maximum absolute atomic E-state index is 12.7. The topological polar surface area (TPSA) is 169 Å². The zero-order valence-electron chi connectivity index (χ0n) is 20.3. The van der Waals surface area contributed by atoms with E-state index in [1.807, 2.05) is 30.3 Å². The summed E-state index contributed by atoms with van der Waals surface area (Å²) in [7, 11) is 1.59. The summed E-state index contributed by atoms with van der Waals surface area (Å²) in [5.41, 5.74) is 10.8. The third kappa shape index (κ3) is 5.12. The van der Waals surface area contributed by atoms with Gasteiger partial charge in [0.25, 0.3) is 5.91 Å². The fourth-order valence-corrected chi connectivity index (χ4v) is 4.20. The van der Waals surface area contributed by atoms with Crippen molar-refractivity contribution in [3.05, 3.63) is 88.8 Å². The summed E-state index contributed by atoms with van der Waals surface area (Å²) in [6.07, 6.45) is -0.815. The van der Waals surface area contributed by atoms with Crippen molar-refractivity contribution in [1.29, 1.82) is 0 Å². The highest BCUT2D eigenvalue weighted by Gasteiger charge is 2.46. The lowest BCUT2D eigenvalue weighted by molar-refractivity contribution is -0.0731. The number of rotatable bonds is 9. The van der Waals surface area contributed by atoms with E-state index in [-0.39, 0.29) is 24.9 Å². The Bertz CT molecular complexity index is 1460. The molecule has 0 saturated carbocycles. The summed E-state index contributed by atoms with van der Waals surface area (Å²) in [5.74, 6) is 0.593. The molecule has 13 heteroatoms. The zero-order chi connectivity index (χ0) is 26.5. The Hall–Kier alpha value is -4.55. The number of ether oxygens (including phenoxy) is 3. The minimum atomic E-state index is -1.10. The fourth-order valence-electron chi connectivity index (χ4n) is 4.20. The molecular weight excluding hydrogens is 492 g/mol. The summed E-state index contributed by atoms with van der Waals surface area (Å²) < 4.78 is 19.0. The van der Waals surface area contributed by atoms with Gasteiger partial charge in [-0.2, -0.15) is 0 Å². The van der Waals surface area contributed by atoms with Crippen LogP contribution in [-0.2, 0) is 16.1 Å². The van der Waals surface area contributed by atoms with Crippen molar-refractivity contribution in [2.45, 2.75) is 31.1 Å². The van der Waals surface area contributed by atoms with E-state index < -0.39 is 24.5 Å². The molecule has 5 rings (SSSR count). The zero-order valence-corrected chi connectivity index (χ0v) is 20.3. The number of anilines is 1. The summed E-state index contributed by atoms with van der Waals surface area (Å²) >= 11 is 0. The monoisotopic (exact) mass is 516 g/mol. The summed E-state index contributed by atoms with van der Waals surface area (Å²) in [6.45, 7) is 0.0936. The van der Waals surface area contributed by atoms with Gasteiger partial charge < -0.3 is 24.6 Å². The molecule has 13 nitrogen and oxygen atoms in total. The highest BCUT2D eigenvalue weighted by atomic mass is 16.6. The van der Waals surface area contributed by atoms with Crippen LogP contribution >= 0.6 is 0 Å². The van der Waals surface area contributed by atoms with Crippen LogP contribution in [-0.4, -0.2) is 62.5 Å². The van der Waals surface area contributed by atoms with Gasteiger partial charge >= 0.3 is 0 Å². The molecule has 2 aromatic heterocycles. The van der Waals surface area contributed by atoms with Crippen molar-refractivity contribution in [2.24, 2.45) is 5.11 Å². The number of nitrogens with zero attached hydrogens (tertiary/aromatic N) is 7. The molecule has 38 heavy (non-hydrogen) atoms. The number of hydrogen-bond acceptors (Lipinski definition) is 9. The summed E-state index contributed by atoms with van der Waals surface area (Å²) in [5, 5.41) is 17.3. The first kappa shape index (κ1) is 25.1. The van der Waals surface area contributed by atoms with Gasteiger partial charge in [-0.25, -0.2) is 15.0 Å². The second-order valence-electron chi connectivity index (χ2n) is 8.46. The van der Waals surface area contributed by atoms with Gasteiger partial charge in [0.05, 0.1) is 32.7 Å². The number of aromatic nitrogens is 4. The van der Waals surface area contributed by atoms with E-state index >= 15 is 0 Å². The number of hydrogen-bond donors (Lipinski definition) is 2. The Labute approximate surface area is 216 Å². The molecule has 194 valence electrons. The van der Waals surface area contributed by atoms with Crippen LogP contribution in [0.15, 0.2) is 72.4 Å². The maximum atomic E-state index is 12.7. The molecule has 1 fully saturated rings. The predicted molar refractivity (Wildman–Crippen MR) is 135 cm³/mol. The van der Waals surface area contributed by atoms with Gasteiger partial charge in [0, 0.05) is 10.5 Å². The highest BCUT2D eigenvalue weighted by Crippen LogP contribution is 2.35. The first-order valence-corrected chi connectivity index (χ1v) is 11.7. The van der Waals surface area contributed by atoms with E-state index in [0.29, 0.717) is 22.5 Å². The number of carbonyl (C=O) groups is 1. The van der Waals surface area contributed by atoms with Crippen molar-refractivity contribution in [1.82, 2.24) is 19.5 Å². The lowest BCUT2D eigenvalue weighted by Gasteiger charge is -2.22. The molecule has 0 aliphatic carbocycles. The van der Waals surface area contributed by atoms with Gasteiger partial charge in [-0.3, -0.25) is 9.36 Å². The molecule has 2 aromatic carbocycles. The Kier molecular flexibility index (Phi) is 7.43. The van der Waals surface area contributed by atoms with Crippen molar-refractivity contribution in [3.8, 4) is 5.75 Å². The van der Waals surface area contributed by atoms with Crippen LogP contribution in [0, 0.1) is 0 Å². The number of imidazole rings is 1. The van der Waals surface area contributed by atoms with E-state index in [1.54, 1.807) is 35.9 Å². The molecule has 0 bridgehead atoms. The average molecular weight is 517 g/mol. The lowest BCUT2D eigenvalue weighted by atomic mass is 10.1. The number of carbonyl (C=O) groups excluding carboxylic acids is 1. The van der Waals surface area contributed by atoms with E-state index in [9.17, 15) is 9.90 Å². The van der Waals surface area contributed by atoms with Crippen LogP contribution in [0.2, 0.25) is 0 Å². The molecular formula is C25H24N8O5. The number of amides is 1. The molecule has 4 atom stereocenters. The van der Waals surface area contributed by atoms with Crippen LogP contribution in [0.3, 0.4) is 0 Å². The minimum absolute atomic E-state index is 0.0867. The molecule has 0 radical (unpaired) electrons. The molecule has 4 aromatic rings. The second-order valence-corrected chi connectivity index (χ2v) is 8.46. The van der Waals surface area contributed by atoms with E-state index in [0.717, 1.165) is 5.56 Å². The van der Waals surface area contributed by atoms with Gasteiger partial charge in [-0.05, 0) is 35.4 Å². The first-order valence-electron chi connectivity index (χ1n) is 11.7. The number of methoxy groups -OCH3 is 1. The SMILES string of the molecule is COc1ccc(CO[C@@H]2[C@H](O)[C@@H](CN=[N+]=[N-])O[C@H]2n2cnc3c(NC(=O)c4ccccc4)ncnc32)cc1. The van der Waals surface area contributed by atoms with Crippen LogP contribution in [0.4, 0.5) is 5.82 Å². The molecule has 1 amide bonds. The minimum Gasteiger partial charge on any atom is -0.497 e. The van der Waals surface area contributed by atoms with Crippen LogP contribution in [0.5, 0.6) is 5.75 Å². The van der Waals surface area contributed by atoms with Gasteiger partial charge in [-0.15, -0.1) is 0 Å². The fraction of sp³-hybridized carbons (Fsp3) is 0.280. The van der Waals surface area contributed by atoms with E-state index in [1.165, 1.54) is 12.7 Å². The smallest absolute Gasteiger partial charge is 0.256 e. The van der Waals surface area contributed by atoms with Crippen LogP contribution in [0.25, 0.3) is 21.6 Å². The van der Waals surface area contributed by atoms with Gasteiger partial charge in [0.1, 0.15) is 24.3 Å². The Morgan fingerprint density at radius 1 is 1.18 bits per heavy atom. The van der Waals surface area contributed by atoms with Crippen LogP contribution in [0.1, 0.15) is 22.1 Å². The standard InChI is InChI=1S/C25H24N8O5/c1-36-17-9-7-15(8-10-17)12-37-21-20(34)18(11-30-32-26)38-25(21)33-14-29-19-22(27-13-28-23(19)33)31-24(35)16-5-3-2-4-6-16/h2-10,13-14,18,20-21,25,34H,11-12H2,1H3,(H,27,28,31,35)/t18-,20-,21-,25-/m1/s1. The van der Waals surface area contributed by atoms with Crippen molar-refractivity contribution < 1.29 is 24.1 Å². The number of aliphatic hydroxyl groups is 1. The van der Waals surface area contributed by atoms with Crippen molar-refractivity contribution in [2.75, 3.05) is 19.0 Å². The largest absolute Gasteiger partial charge is 0.497 e.